The Bertz CT molecular complexity index is 529. The quantitative estimate of drug-likeness (QED) is 0.469. The van der Waals surface area contributed by atoms with E-state index in [4.69, 9.17) is 6.42 Å². The number of unbranched alkanes of at least 4 members (excludes halogenated alkanes) is 1. The average Bonchev–Trinajstić information content (AvgIpc) is 2.64. The normalized spacial score (nSPS) is 22.6. The first-order valence-electron chi connectivity index (χ1n) is 6.43. The standard InChI is InChI=1S/C16H17NO2/c1-3-4-8-11-17-14(18)12-16(2,15(17)19)13-9-6-5-7-10-13/h1,5-7,9-10H,4,8,11-12H2,2H3. The Labute approximate surface area is 113 Å². The summed E-state index contributed by atoms with van der Waals surface area (Å²) < 4.78 is 0. The van der Waals surface area contributed by atoms with Crippen molar-refractivity contribution in [3.8, 4) is 12.3 Å². The maximum Gasteiger partial charge on any atom is 0.240 e. The van der Waals surface area contributed by atoms with E-state index in [1.54, 1.807) is 0 Å². The van der Waals surface area contributed by atoms with Crippen molar-refractivity contribution in [1.29, 1.82) is 0 Å². The van der Waals surface area contributed by atoms with Gasteiger partial charge in [0, 0.05) is 19.4 Å². The van der Waals surface area contributed by atoms with Gasteiger partial charge in [-0.3, -0.25) is 14.5 Å². The number of imide groups is 1. The fraction of sp³-hybridized carbons (Fsp3) is 0.375. The molecular formula is C16H17NO2. The molecule has 0 radical (unpaired) electrons. The van der Waals surface area contributed by atoms with Crippen LogP contribution >= 0.6 is 0 Å². The van der Waals surface area contributed by atoms with E-state index >= 15 is 0 Å². The Morgan fingerprint density at radius 1 is 1.32 bits per heavy atom. The molecule has 1 aliphatic rings. The molecule has 1 fully saturated rings. The first kappa shape index (κ1) is 13.4. The van der Waals surface area contributed by atoms with Crippen LogP contribution in [0.3, 0.4) is 0 Å². The molecule has 0 spiro atoms. The zero-order chi connectivity index (χ0) is 13.9. The van der Waals surface area contributed by atoms with Crippen LogP contribution < -0.4 is 0 Å². The van der Waals surface area contributed by atoms with Crippen molar-refractivity contribution in [2.75, 3.05) is 6.54 Å². The van der Waals surface area contributed by atoms with E-state index in [0.717, 1.165) is 5.56 Å². The molecule has 1 aromatic carbocycles. The predicted octanol–water partition coefficient (Wildman–Crippen LogP) is 2.12. The molecule has 0 bridgehead atoms. The van der Waals surface area contributed by atoms with Gasteiger partial charge in [-0.2, -0.15) is 0 Å². The molecule has 98 valence electrons. The maximum absolute atomic E-state index is 12.5. The fourth-order valence-electron chi connectivity index (χ4n) is 2.48. The van der Waals surface area contributed by atoms with Crippen LogP contribution in [0, 0.1) is 12.3 Å². The minimum Gasteiger partial charge on any atom is -0.282 e. The Hall–Kier alpha value is -2.08. The van der Waals surface area contributed by atoms with Crippen molar-refractivity contribution in [1.82, 2.24) is 4.90 Å². The lowest BCUT2D eigenvalue weighted by Gasteiger charge is -2.22. The molecule has 19 heavy (non-hydrogen) atoms. The number of nitrogens with zero attached hydrogens (tertiary/aromatic N) is 1. The van der Waals surface area contributed by atoms with E-state index in [-0.39, 0.29) is 18.2 Å². The van der Waals surface area contributed by atoms with Gasteiger partial charge in [-0.25, -0.2) is 0 Å². The third-order valence-corrected chi connectivity index (χ3v) is 3.64. The highest BCUT2D eigenvalue weighted by atomic mass is 16.2. The smallest absolute Gasteiger partial charge is 0.240 e. The summed E-state index contributed by atoms with van der Waals surface area (Å²) in [6.07, 6.45) is 6.68. The van der Waals surface area contributed by atoms with Gasteiger partial charge in [0.2, 0.25) is 11.8 Å². The average molecular weight is 255 g/mol. The summed E-state index contributed by atoms with van der Waals surface area (Å²) in [6.45, 7) is 2.26. The Balaban J connectivity index is 2.20. The van der Waals surface area contributed by atoms with Gasteiger partial charge in [0.1, 0.15) is 0 Å². The zero-order valence-corrected chi connectivity index (χ0v) is 11.1. The number of rotatable bonds is 4. The van der Waals surface area contributed by atoms with Crippen molar-refractivity contribution < 1.29 is 9.59 Å². The number of terminal acetylenes is 1. The van der Waals surface area contributed by atoms with Crippen LogP contribution in [0.25, 0.3) is 0 Å². The van der Waals surface area contributed by atoms with Crippen molar-refractivity contribution in [2.45, 2.75) is 31.6 Å². The highest BCUT2D eigenvalue weighted by molar-refractivity contribution is 6.08. The van der Waals surface area contributed by atoms with Gasteiger partial charge in [-0.05, 0) is 18.9 Å². The van der Waals surface area contributed by atoms with Crippen LogP contribution in [-0.2, 0) is 15.0 Å². The summed E-state index contributed by atoms with van der Waals surface area (Å²) in [5.74, 6) is 2.31. The molecule has 0 aliphatic carbocycles. The first-order chi connectivity index (χ1) is 9.09. The second kappa shape index (κ2) is 5.27. The van der Waals surface area contributed by atoms with Gasteiger partial charge in [-0.15, -0.1) is 12.3 Å². The highest BCUT2D eigenvalue weighted by Gasteiger charge is 2.48. The van der Waals surface area contributed by atoms with Gasteiger partial charge in [0.05, 0.1) is 5.41 Å². The zero-order valence-electron chi connectivity index (χ0n) is 11.1. The third kappa shape index (κ3) is 2.39. The third-order valence-electron chi connectivity index (χ3n) is 3.64. The molecule has 1 aromatic rings. The Morgan fingerprint density at radius 2 is 2.00 bits per heavy atom. The molecule has 2 rings (SSSR count). The summed E-state index contributed by atoms with van der Waals surface area (Å²) in [4.78, 5) is 25.9. The second-order valence-corrected chi connectivity index (χ2v) is 5.03. The van der Waals surface area contributed by atoms with E-state index in [0.29, 0.717) is 19.4 Å². The predicted molar refractivity (Wildman–Crippen MR) is 73.2 cm³/mol. The molecule has 3 heteroatoms. The van der Waals surface area contributed by atoms with Crippen molar-refractivity contribution in [3.05, 3.63) is 35.9 Å². The number of hydrogen-bond donors (Lipinski definition) is 0. The molecule has 1 atom stereocenters. The monoisotopic (exact) mass is 255 g/mol. The van der Waals surface area contributed by atoms with Gasteiger partial charge in [0.15, 0.2) is 0 Å². The molecule has 1 heterocycles. The molecule has 3 nitrogen and oxygen atoms in total. The molecule has 2 amide bonds. The van der Waals surface area contributed by atoms with E-state index in [2.05, 4.69) is 5.92 Å². The van der Waals surface area contributed by atoms with Crippen LogP contribution in [0.1, 0.15) is 31.7 Å². The maximum atomic E-state index is 12.5. The lowest BCUT2D eigenvalue weighted by atomic mass is 9.81. The minimum atomic E-state index is -0.728. The fourth-order valence-corrected chi connectivity index (χ4v) is 2.48. The molecule has 1 aliphatic heterocycles. The lowest BCUT2D eigenvalue weighted by molar-refractivity contribution is -0.139. The van der Waals surface area contributed by atoms with Crippen molar-refractivity contribution in [3.63, 3.8) is 0 Å². The Morgan fingerprint density at radius 3 is 2.63 bits per heavy atom. The molecule has 0 aromatic heterocycles. The van der Waals surface area contributed by atoms with Crippen LogP contribution in [0.4, 0.5) is 0 Å². The topological polar surface area (TPSA) is 37.4 Å². The SMILES string of the molecule is C#CCCCN1C(=O)CC(C)(c2ccccc2)C1=O. The second-order valence-electron chi connectivity index (χ2n) is 5.03. The number of carbonyl (C=O) groups excluding carboxylic acids is 2. The molecular weight excluding hydrogens is 238 g/mol. The number of hydrogen-bond acceptors (Lipinski definition) is 2. The lowest BCUT2D eigenvalue weighted by Crippen LogP contribution is -2.37. The largest absolute Gasteiger partial charge is 0.282 e. The summed E-state index contributed by atoms with van der Waals surface area (Å²) in [7, 11) is 0. The number of likely N-dealkylation sites (tertiary alicyclic amines) is 1. The van der Waals surface area contributed by atoms with Crippen molar-refractivity contribution >= 4 is 11.8 Å². The number of carbonyl (C=O) groups is 2. The number of amides is 2. The van der Waals surface area contributed by atoms with Crippen LogP contribution in [0.5, 0.6) is 0 Å². The highest BCUT2D eigenvalue weighted by Crippen LogP contribution is 2.36. The van der Waals surface area contributed by atoms with Crippen LogP contribution in [-0.4, -0.2) is 23.3 Å². The van der Waals surface area contributed by atoms with Gasteiger partial charge in [-0.1, -0.05) is 30.3 Å². The summed E-state index contributed by atoms with van der Waals surface area (Å²) in [6, 6.07) is 9.48. The summed E-state index contributed by atoms with van der Waals surface area (Å²) >= 11 is 0. The molecule has 0 N–H and O–H groups in total. The Kier molecular flexibility index (Phi) is 3.71. The molecule has 1 saturated heterocycles. The van der Waals surface area contributed by atoms with Crippen LogP contribution in [0.2, 0.25) is 0 Å². The molecule has 0 saturated carbocycles. The molecule has 1 unspecified atom stereocenters. The van der Waals surface area contributed by atoms with E-state index < -0.39 is 5.41 Å². The number of benzene rings is 1. The minimum absolute atomic E-state index is 0.103. The van der Waals surface area contributed by atoms with Crippen LogP contribution in [0.15, 0.2) is 30.3 Å². The summed E-state index contributed by atoms with van der Waals surface area (Å²) in [5, 5.41) is 0. The van der Waals surface area contributed by atoms with Crippen molar-refractivity contribution in [2.24, 2.45) is 0 Å². The van der Waals surface area contributed by atoms with E-state index in [9.17, 15) is 9.59 Å². The van der Waals surface area contributed by atoms with Gasteiger partial charge >= 0.3 is 0 Å². The van der Waals surface area contributed by atoms with E-state index in [1.807, 2.05) is 37.3 Å². The first-order valence-corrected chi connectivity index (χ1v) is 6.43. The van der Waals surface area contributed by atoms with Gasteiger partial charge in [0.25, 0.3) is 0 Å². The van der Waals surface area contributed by atoms with E-state index in [1.165, 1.54) is 4.90 Å². The van der Waals surface area contributed by atoms with Gasteiger partial charge < -0.3 is 0 Å². The summed E-state index contributed by atoms with van der Waals surface area (Å²) in [5.41, 5.74) is 0.168.